The highest BCUT2D eigenvalue weighted by Crippen LogP contribution is 2.07. The summed E-state index contributed by atoms with van der Waals surface area (Å²) >= 11 is 2.16. The Morgan fingerprint density at radius 2 is 2.06 bits per heavy atom. The third kappa shape index (κ3) is 5.48. The van der Waals surface area contributed by atoms with Gasteiger partial charge in [0.25, 0.3) is 5.91 Å². The normalized spacial score (nSPS) is 10.2. The maximum Gasteiger partial charge on any atom is 0.251 e. The van der Waals surface area contributed by atoms with Crippen LogP contribution in [-0.2, 0) is 4.79 Å². The lowest BCUT2D eigenvalue weighted by Crippen LogP contribution is -2.34. The van der Waals surface area contributed by atoms with Gasteiger partial charge in [-0.1, -0.05) is 6.07 Å². The Morgan fingerprint density at radius 1 is 1.33 bits per heavy atom. The number of nitrogens with one attached hydrogen (secondary N) is 2. The van der Waals surface area contributed by atoms with Crippen LogP contribution in [0.25, 0.3) is 0 Å². The van der Waals surface area contributed by atoms with Crippen molar-refractivity contribution in [3.8, 4) is 0 Å². The van der Waals surface area contributed by atoms with E-state index in [-0.39, 0.29) is 17.9 Å². The Hall–Kier alpha value is -1.11. The maximum absolute atomic E-state index is 11.8. The van der Waals surface area contributed by atoms with E-state index < -0.39 is 0 Å². The molecule has 0 aliphatic rings. The van der Waals surface area contributed by atoms with Gasteiger partial charge < -0.3 is 10.6 Å². The van der Waals surface area contributed by atoms with Crippen LogP contribution in [0, 0.1) is 3.57 Å². The SMILES string of the molecule is CC(C)NC(=O)CCNC(=O)c1cccc(I)c1. The van der Waals surface area contributed by atoms with Crippen molar-refractivity contribution in [2.75, 3.05) is 6.54 Å². The van der Waals surface area contributed by atoms with Crippen molar-refractivity contribution in [1.82, 2.24) is 10.6 Å². The van der Waals surface area contributed by atoms with Crippen molar-refractivity contribution >= 4 is 34.4 Å². The molecule has 0 saturated carbocycles. The summed E-state index contributed by atoms with van der Waals surface area (Å²) in [6.07, 6.45) is 0.299. The van der Waals surface area contributed by atoms with Crippen LogP contribution < -0.4 is 10.6 Å². The van der Waals surface area contributed by atoms with Gasteiger partial charge in [-0.25, -0.2) is 0 Å². The molecule has 1 rings (SSSR count). The van der Waals surface area contributed by atoms with Crippen LogP contribution in [0.3, 0.4) is 0 Å². The number of benzene rings is 1. The molecular weight excluding hydrogens is 343 g/mol. The minimum atomic E-state index is -0.147. The molecular formula is C13H17IN2O2. The zero-order valence-corrected chi connectivity index (χ0v) is 12.7. The monoisotopic (exact) mass is 360 g/mol. The third-order valence-corrected chi connectivity index (χ3v) is 2.85. The second kappa shape index (κ2) is 7.35. The first kappa shape index (κ1) is 14.9. The van der Waals surface area contributed by atoms with Gasteiger partial charge >= 0.3 is 0 Å². The van der Waals surface area contributed by atoms with Gasteiger partial charge in [-0.2, -0.15) is 0 Å². The number of hydrogen-bond acceptors (Lipinski definition) is 2. The molecule has 0 unspecified atom stereocenters. The van der Waals surface area contributed by atoms with Gasteiger partial charge in [0, 0.05) is 28.1 Å². The van der Waals surface area contributed by atoms with E-state index in [0.717, 1.165) is 3.57 Å². The first-order chi connectivity index (χ1) is 8.49. The summed E-state index contributed by atoms with van der Waals surface area (Å²) in [5.41, 5.74) is 0.617. The molecule has 5 heteroatoms. The molecule has 2 amide bonds. The number of halogens is 1. The Morgan fingerprint density at radius 3 is 2.67 bits per heavy atom. The zero-order valence-electron chi connectivity index (χ0n) is 10.5. The van der Waals surface area contributed by atoms with E-state index in [1.54, 1.807) is 6.07 Å². The molecule has 0 aromatic heterocycles. The average Bonchev–Trinajstić information content (AvgIpc) is 2.27. The molecule has 0 spiro atoms. The highest BCUT2D eigenvalue weighted by Gasteiger charge is 2.07. The van der Waals surface area contributed by atoms with Crippen LogP contribution in [0.2, 0.25) is 0 Å². The molecule has 2 N–H and O–H groups in total. The van der Waals surface area contributed by atoms with E-state index in [9.17, 15) is 9.59 Å². The second-order valence-corrected chi connectivity index (χ2v) is 5.48. The van der Waals surface area contributed by atoms with E-state index >= 15 is 0 Å². The Labute approximate surface area is 121 Å². The highest BCUT2D eigenvalue weighted by molar-refractivity contribution is 14.1. The fraction of sp³-hybridized carbons (Fsp3) is 0.385. The molecule has 0 saturated heterocycles. The van der Waals surface area contributed by atoms with Crippen molar-refractivity contribution in [3.63, 3.8) is 0 Å². The number of carbonyl (C=O) groups is 2. The number of hydrogen-bond donors (Lipinski definition) is 2. The largest absolute Gasteiger partial charge is 0.354 e. The standard InChI is InChI=1S/C13H17IN2O2/c1-9(2)16-12(17)6-7-15-13(18)10-4-3-5-11(14)8-10/h3-5,8-9H,6-7H2,1-2H3,(H,15,18)(H,16,17). The summed E-state index contributed by atoms with van der Waals surface area (Å²) in [7, 11) is 0. The van der Waals surface area contributed by atoms with Crippen LogP contribution >= 0.6 is 22.6 Å². The first-order valence-corrected chi connectivity index (χ1v) is 6.90. The van der Waals surface area contributed by atoms with Crippen molar-refractivity contribution in [2.45, 2.75) is 26.3 Å². The van der Waals surface area contributed by atoms with Crippen LogP contribution in [-0.4, -0.2) is 24.4 Å². The molecule has 18 heavy (non-hydrogen) atoms. The van der Waals surface area contributed by atoms with E-state index in [4.69, 9.17) is 0 Å². The van der Waals surface area contributed by atoms with Gasteiger partial charge in [-0.15, -0.1) is 0 Å². The molecule has 0 fully saturated rings. The van der Waals surface area contributed by atoms with Crippen LogP contribution in [0.4, 0.5) is 0 Å². The smallest absolute Gasteiger partial charge is 0.251 e. The molecule has 0 bridgehead atoms. The zero-order chi connectivity index (χ0) is 13.5. The van der Waals surface area contributed by atoms with Gasteiger partial charge in [-0.3, -0.25) is 9.59 Å². The van der Waals surface area contributed by atoms with Crippen molar-refractivity contribution in [3.05, 3.63) is 33.4 Å². The van der Waals surface area contributed by atoms with Crippen LogP contribution in [0.1, 0.15) is 30.6 Å². The Kier molecular flexibility index (Phi) is 6.11. The average molecular weight is 360 g/mol. The fourth-order valence-corrected chi connectivity index (χ4v) is 1.96. The van der Waals surface area contributed by atoms with Crippen molar-refractivity contribution < 1.29 is 9.59 Å². The number of carbonyl (C=O) groups excluding carboxylic acids is 2. The van der Waals surface area contributed by atoms with Crippen LogP contribution in [0.5, 0.6) is 0 Å². The van der Waals surface area contributed by atoms with E-state index in [0.29, 0.717) is 18.5 Å². The van der Waals surface area contributed by atoms with E-state index in [1.807, 2.05) is 32.0 Å². The van der Waals surface area contributed by atoms with Crippen molar-refractivity contribution in [2.24, 2.45) is 0 Å². The molecule has 0 heterocycles. The van der Waals surface area contributed by atoms with Crippen LogP contribution in [0.15, 0.2) is 24.3 Å². The lowest BCUT2D eigenvalue weighted by Gasteiger charge is -2.09. The topological polar surface area (TPSA) is 58.2 Å². The molecule has 0 atom stereocenters. The highest BCUT2D eigenvalue weighted by atomic mass is 127. The quantitative estimate of drug-likeness (QED) is 0.789. The van der Waals surface area contributed by atoms with Gasteiger partial charge in [0.05, 0.1) is 0 Å². The summed E-state index contributed by atoms with van der Waals surface area (Å²) in [4.78, 5) is 23.1. The minimum absolute atomic E-state index is 0.0482. The number of rotatable bonds is 5. The second-order valence-electron chi connectivity index (χ2n) is 4.24. The predicted octanol–water partition coefficient (Wildman–Crippen LogP) is 1.94. The predicted molar refractivity (Wildman–Crippen MR) is 79.4 cm³/mol. The fourth-order valence-electron chi connectivity index (χ4n) is 1.42. The molecule has 98 valence electrons. The molecule has 1 aromatic rings. The lowest BCUT2D eigenvalue weighted by atomic mass is 10.2. The summed E-state index contributed by atoms with van der Waals surface area (Å²) in [5, 5.41) is 5.50. The van der Waals surface area contributed by atoms with E-state index in [1.165, 1.54) is 0 Å². The molecule has 1 aromatic carbocycles. The first-order valence-electron chi connectivity index (χ1n) is 5.82. The van der Waals surface area contributed by atoms with Gasteiger partial charge in [0.2, 0.25) is 5.91 Å². The summed E-state index contributed by atoms with van der Waals surface area (Å²) in [6.45, 7) is 4.16. The van der Waals surface area contributed by atoms with Crippen molar-refractivity contribution in [1.29, 1.82) is 0 Å². The van der Waals surface area contributed by atoms with Gasteiger partial charge in [0.15, 0.2) is 0 Å². The van der Waals surface area contributed by atoms with Gasteiger partial charge in [0.1, 0.15) is 0 Å². The summed E-state index contributed by atoms with van der Waals surface area (Å²) in [6, 6.07) is 7.45. The van der Waals surface area contributed by atoms with E-state index in [2.05, 4.69) is 33.2 Å². The van der Waals surface area contributed by atoms with Gasteiger partial charge in [-0.05, 0) is 54.6 Å². The molecule has 4 nitrogen and oxygen atoms in total. The Balaban J connectivity index is 2.36. The lowest BCUT2D eigenvalue weighted by molar-refractivity contribution is -0.121. The number of amides is 2. The third-order valence-electron chi connectivity index (χ3n) is 2.17. The minimum Gasteiger partial charge on any atom is -0.354 e. The Bertz CT molecular complexity index is 433. The molecule has 0 radical (unpaired) electrons. The molecule has 0 aliphatic carbocycles. The molecule has 0 aliphatic heterocycles. The summed E-state index contributed by atoms with van der Waals surface area (Å²) in [5.74, 6) is -0.196. The summed E-state index contributed by atoms with van der Waals surface area (Å²) < 4.78 is 1.01. The maximum atomic E-state index is 11.8.